The Morgan fingerprint density at radius 1 is 1.07 bits per heavy atom. The summed E-state index contributed by atoms with van der Waals surface area (Å²) in [6.07, 6.45) is 0.730. The summed E-state index contributed by atoms with van der Waals surface area (Å²) in [7, 11) is 0. The maximum absolute atomic E-state index is 13.1. The molecule has 0 saturated carbocycles. The van der Waals surface area contributed by atoms with Gasteiger partial charge in [0, 0.05) is 18.4 Å². The number of esters is 1. The molecule has 144 valence electrons. The molecule has 1 aromatic heterocycles. The number of hydrogen-bond acceptors (Lipinski definition) is 5. The molecular formula is C20H16F2N2O4. The highest BCUT2D eigenvalue weighted by Gasteiger charge is 2.13. The van der Waals surface area contributed by atoms with E-state index in [9.17, 15) is 23.2 Å². The number of ether oxygens (including phenoxy) is 1. The second-order valence-corrected chi connectivity index (χ2v) is 6.10. The summed E-state index contributed by atoms with van der Waals surface area (Å²) in [5.74, 6) is -3.00. The van der Waals surface area contributed by atoms with E-state index in [4.69, 9.17) is 4.74 Å². The molecule has 0 atom stereocenters. The molecule has 0 saturated heterocycles. The van der Waals surface area contributed by atoms with Crippen LogP contribution in [0.4, 0.5) is 8.78 Å². The molecule has 2 aromatic carbocycles. The van der Waals surface area contributed by atoms with Gasteiger partial charge in [0.15, 0.2) is 24.0 Å². The molecule has 0 aliphatic heterocycles. The van der Waals surface area contributed by atoms with Crippen LogP contribution in [0.5, 0.6) is 0 Å². The normalized spacial score (nSPS) is 10.8. The van der Waals surface area contributed by atoms with E-state index in [1.54, 1.807) is 24.3 Å². The van der Waals surface area contributed by atoms with Crippen molar-refractivity contribution in [1.29, 1.82) is 0 Å². The SMILES string of the molecule is O=C(CCCc1nc2ccccc2c(=O)[nH]1)OCC(=O)c1ccc(F)c(F)c1. The zero-order valence-electron chi connectivity index (χ0n) is 14.7. The van der Waals surface area contributed by atoms with Gasteiger partial charge in [-0.05, 0) is 36.8 Å². The average Bonchev–Trinajstić information content (AvgIpc) is 2.68. The number of aromatic amines is 1. The standard InChI is InChI=1S/C20H16F2N2O4/c21-14-9-8-12(10-15(14)22)17(25)11-28-19(26)7-3-6-18-23-16-5-2-1-4-13(16)20(27)24-18/h1-2,4-5,8-10H,3,6-7,11H2,(H,23,24,27). The molecule has 3 rings (SSSR count). The van der Waals surface area contributed by atoms with E-state index in [-0.39, 0.29) is 17.5 Å². The molecule has 0 aliphatic carbocycles. The number of nitrogens with zero attached hydrogens (tertiary/aromatic N) is 1. The first-order valence-electron chi connectivity index (χ1n) is 8.56. The fraction of sp³-hybridized carbons (Fsp3) is 0.200. The molecular weight excluding hydrogens is 370 g/mol. The fourth-order valence-corrected chi connectivity index (χ4v) is 2.62. The molecule has 28 heavy (non-hydrogen) atoms. The van der Waals surface area contributed by atoms with Crippen LogP contribution in [0.15, 0.2) is 47.3 Å². The third-order valence-corrected chi connectivity index (χ3v) is 4.06. The molecule has 6 nitrogen and oxygen atoms in total. The largest absolute Gasteiger partial charge is 0.457 e. The molecule has 3 aromatic rings. The number of para-hydroxylation sites is 1. The van der Waals surface area contributed by atoms with Crippen molar-refractivity contribution in [3.8, 4) is 0 Å². The van der Waals surface area contributed by atoms with Gasteiger partial charge < -0.3 is 9.72 Å². The highest BCUT2D eigenvalue weighted by atomic mass is 19.2. The van der Waals surface area contributed by atoms with Gasteiger partial charge in [0.25, 0.3) is 5.56 Å². The van der Waals surface area contributed by atoms with Crippen LogP contribution in [-0.4, -0.2) is 28.3 Å². The Hall–Kier alpha value is -3.42. The van der Waals surface area contributed by atoms with Gasteiger partial charge in [0.05, 0.1) is 10.9 Å². The van der Waals surface area contributed by atoms with Gasteiger partial charge in [-0.1, -0.05) is 12.1 Å². The number of Topliss-reactive ketones (excluding diaryl/α,β-unsaturated/α-hetero) is 1. The van der Waals surface area contributed by atoms with Crippen molar-refractivity contribution in [1.82, 2.24) is 9.97 Å². The molecule has 0 bridgehead atoms. The molecule has 0 spiro atoms. The summed E-state index contributed by atoms with van der Waals surface area (Å²) in [6, 6.07) is 9.64. The summed E-state index contributed by atoms with van der Waals surface area (Å²) in [5.41, 5.74) is 0.242. The number of halogens is 2. The number of hydrogen-bond donors (Lipinski definition) is 1. The maximum atomic E-state index is 13.1. The number of rotatable bonds is 7. The quantitative estimate of drug-likeness (QED) is 0.498. The Morgan fingerprint density at radius 3 is 2.64 bits per heavy atom. The number of nitrogens with one attached hydrogen (secondary N) is 1. The van der Waals surface area contributed by atoms with Gasteiger partial charge in [0.1, 0.15) is 5.82 Å². The Morgan fingerprint density at radius 2 is 1.86 bits per heavy atom. The monoisotopic (exact) mass is 386 g/mol. The molecule has 8 heteroatoms. The second-order valence-electron chi connectivity index (χ2n) is 6.10. The summed E-state index contributed by atoms with van der Waals surface area (Å²) in [4.78, 5) is 42.6. The molecule has 0 radical (unpaired) electrons. The van der Waals surface area contributed by atoms with Crippen LogP contribution < -0.4 is 5.56 Å². The van der Waals surface area contributed by atoms with Gasteiger partial charge in [-0.25, -0.2) is 13.8 Å². The van der Waals surface area contributed by atoms with Crippen LogP contribution >= 0.6 is 0 Å². The number of H-pyrrole nitrogens is 1. The van der Waals surface area contributed by atoms with E-state index in [0.29, 0.717) is 29.6 Å². The van der Waals surface area contributed by atoms with Crippen molar-refractivity contribution in [3.63, 3.8) is 0 Å². The van der Waals surface area contributed by atoms with Crippen LogP contribution in [0.3, 0.4) is 0 Å². The van der Waals surface area contributed by atoms with Crippen LogP contribution in [0, 0.1) is 11.6 Å². The van der Waals surface area contributed by atoms with Gasteiger partial charge in [0.2, 0.25) is 0 Å². The smallest absolute Gasteiger partial charge is 0.306 e. The van der Waals surface area contributed by atoms with Gasteiger partial charge in [-0.3, -0.25) is 14.4 Å². The van der Waals surface area contributed by atoms with E-state index in [0.717, 1.165) is 18.2 Å². The predicted molar refractivity (Wildman–Crippen MR) is 96.9 cm³/mol. The molecule has 1 heterocycles. The third-order valence-electron chi connectivity index (χ3n) is 4.06. The van der Waals surface area contributed by atoms with Crippen LogP contribution in [0.1, 0.15) is 29.0 Å². The topological polar surface area (TPSA) is 89.1 Å². The summed E-state index contributed by atoms with van der Waals surface area (Å²) in [6.45, 7) is -0.561. The van der Waals surface area contributed by atoms with Crippen molar-refractivity contribution in [2.24, 2.45) is 0 Å². The summed E-state index contributed by atoms with van der Waals surface area (Å²) < 4.78 is 30.9. The zero-order chi connectivity index (χ0) is 20.1. The van der Waals surface area contributed by atoms with Crippen LogP contribution in [0.2, 0.25) is 0 Å². The van der Waals surface area contributed by atoms with Crippen molar-refractivity contribution in [2.45, 2.75) is 19.3 Å². The highest BCUT2D eigenvalue weighted by molar-refractivity contribution is 5.97. The van der Waals surface area contributed by atoms with E-state index in [2.05, 4.69) is 9.97 Å². The second kappa shape index (κ2) is 8.51. The Balaban J connectivity index is 1.49. The molecule has 0 amide bonds. The van der Waals surface area contributed by atoms with Crippen LogP contribution in [0.25, 0.3) is 10.9 Å². The van der Waals surface area contributed by atoms with Crippen molar-refractivity contribution < 1.29 is 23.1 Å². The van der Waals surface area contributed by atoms with E-state index in [1.807, 2.05) is 0 Å². The summed E-state index contributed by atoms with van der Waals surface area (Å²) in [5, 5.41) is 0.487. The molecule has 0 aliphatic rings. The lowest BCUT2D eigenvalue weighted by atomic mass is 10.1. The minimum Gasteiger partial charge on any atom is -0.457 e. The van der Waals surface area contributed by atoms with Crippen molar-refractivity contribution in [3.05, 3.63) is 75.8 Å². The van der Waals surface area contributed by atoms with Crippen molar-refractivity contribution in [2.75, 3.05) is 6.61 Å². The first-order chi connectivity index (χ1) is 13.4. The molecule has 0 unspecified atom stereocenters. The zero-order valence-corrected chi connectivity index (χ0v) is 14.7. The minimum atomic E-state index is -1.14. The first-order valence-corrected chi connectivity index (χ1v) is 8.56. The number of aryl methyl sites for hydroxylation is 1. The Labute approximate surface area is 158 Å². The Bertz CT molecular complexity index is 1100. The number of benzene rings is 2. The van der Waals surface area contributed by atoms with Crippen molar-refractivity contribution >= 4 is 22.7 Å². The van der Waals surface area contributed by atoms with Crippen LogP contribution in [-0.2, 0) is 16.0 Å². The maximum Gasteiger partial charge on any atom is 0.306 e. The van der Waals surface area contributed by atoms with E-state index in [1.165, 1.54) is 0 Å². The number of carbonyl (C=O) groups excluding carboxylic acids is 2. The lowest BCUT2D eigenvalue weighted by Gasteiger charge is -2.05. The van der Waals surface area contributed by atoms with Gasteiger partial charge in [-0.2, -0.15) is 0 Å². The van der Waals surface area contributed by atoms with E-state index < -0.39 is 30.0 Å². The van der Waals surface area contributed by atoms with Gasteiger partial charge in [-0.15, -0.1) is 0 Å². The lowest BCUT2D eigenvalue weighted by molar-refractivity contribution is -0.142. The average molecular weight is 386 g/mol. The number of carbonyl (C=O) groups is 2. The minimum absolute atomic E-state index is 0.0155. The predicted octanol–water partition coefficient (Wildman–Crippen LogP) is 2.95. The van der Waals surface area contributed by atoms with Gasteiger partial charge >= 0.3 is 5.97 Å². The summed E-state index contributed by atoms with van der Waals surface area (Å²) >= 11 is 0. The number of fused-ring (bicyclic) bond motifs is 1. The van der Waals surface area contributed by atoms with E-state index >= 15 is 0 Å². The highest BCUT2D eigenvalue weighted by Crippen LogP contribution is 2.10. The fourth-order valence-electron chi connectivity index (χ4n) is 2.62. The number of ketones is 1. The molecule has 1 N–H and O–H groups in total. The molecule has 0 fully saturated rings. The first kappa shape index (κ1) is 19.3. The number of aromatic nitrogens is 2. The third kappa shape index (κ3) is 4.64. The Kier molecular flexibility index (Phi) is 5.88. The lowest BCUT2D eigenvalue weighted by Crippen LogP contribution is -2.15.